The first kappa shape index (κ1) is 18.8. The standard InChI is InChI=1S/C18H27N3O2S/c1-13-9-14(2)18(15(3)10-13)24-12-17(23)21-7-5-20(6-8-21)11-16(22)19-4/h9-10H,5-8,11-12H2,1-4H3,(H,19,22)/p+1. The molecule has 1 aromatic rings. The first-order valence-electron chi connectivity index (χ1n) is 8.43. The Balaban J connectivity index is 1.83. The van der Waals surface area contributed by atoms with E-state index in [1.807, 2.05) is 4.90 Å². The quantitative estimate of drug-likeness (QED) is 0.745. The van der Waals surface area contributed by atoms with Crippen LogP contribution in [0.3, 0.4) is 0 Å². The minimum Gasteiger partial charge on any atom is -0.354 e. The van der Waals surface area contributed by atoms with Crippen LogP contribution in [0.15, 0.2) is 17.0 Å². The zero-order valence-corrected chi connectivity index (χ0v) is 15.9. The number of likely N-dealkylation sites (N-methyl/N-ethyl adjacent to an activating group) is 1. The molecule has 0 saturated carbocycles. The molecule has 24 heavy (non-hydrogen) atoms. The van der Waals surface area contributed by atoms with Gasteiger partial charge in [0.1, 0.15) is 0 Å². The molecule has 1 heterocycles. The van der Waals surface area contributed by atoms with E-state index >= 15 is 0 Å². The molecule has 1 fully saturated rings. The lowest BCUT2D eigenvalue weighted by atomic mass is 10.1. The van der Waals surface area contributed by atoms with Crippen LogP contribution < -0.4 is 10.2 Å². The van der Waals surface area contributed by atoms with E-state index in [0.717, 1.165) is 26.2 Å². The lowest BCUT2D eigenvalue weighted by molar-refractivity contribution is -0.896. The van der Waals surface area contributed by atoms with Crippen molar-refractivity contribution in [1.82, 2.24) is 10.2 Å². The van der Waals surface area contributed by atoms with Crippen molar-refractivity contribution in [3.05, 3.63) is 28.8 Å². The van der Waals surface area contributed by atoms with E-state index in [1.165, 1.54) is 26.5 Å². The van der Waals surface area contributed by atoms with Crippen molar-refractivity contribution in [2.75, 3.05) is 45.5 Å². The van der Waals surface area contributed by atoms with E-state index in [1.54, 1.807) is 18.8 Å². The van der Waals surface area contributed by atoms with Gasteiger partial charge in [0.25, 0.3) is 5.91 Å². The Morgan fingerprint density at radius 3 is 2.29 bits per heavy atom. The lowest BCUT2D eigenvalue weighted by Gasteiger charge is -2.31. The molecular formula is C18H28N3O2S+. The Bertz CT molecular complexity index is 587. The van der Waals surface area contributed by atoms with Gasteiger partial charge in [0, 0.05) is 11.9 Å². The van der Waals surface area contributed by atoms with Crippen molar-refractivity contribution in [1.29, 1.82) is 0 Å². The number of benzene rings is 1. The van der Waals surface area contributed by atoms with Crippen LogP contribution in [0.5, 0.6) is 0 Å². The van der Waals surface area contributed by atoms with Crippen LogP contribution in [-0.2, 0) is 9.59 Å². The number of carbonyl (C=O) groups is 2. The van der Waals surface area contributed by atoms with Crippen LogP contribution in [-0.4, -0.2) is 62.2 Å². The third-order valence-corrected chi connectivity index (χ3v) is 5.78. The number of nitrogens with one attached hydrogen (secondary N) is 2. The number of quaternary nitrogens is 1. The predicted molar refractivity (Wildman–Crippen MR) is 97.6 cm³/mol. The fourth-order valence-corrected chi connectivity index (χ4v) is 4.21. The van der Waals surface area contributed by atoms with Crippen LogP contribution in [0.2, 0.25) is 0 Å². The molecule has 0 bridgehead atoms. The summed E-state index contributed by atoms with van der Waals surface area (Å²) in [7, 11) is 1.66. The first-order valence-corrected chi connectivity index (χ1v) is 9.42. The van der Waals surface area contributed by atoms with Gasteiger partial charge in [-0.2, -0.15) is 0 Å². The third kappa shape index (κ3) is 4.98. The highest BCUT2D eigenvalue weighted by Crippen LogP contribution is 2.27. The maximum Gasteiger partial charge on any atom is 0.274 e. The normalized spacial score (nSPS) is 15.4. The summed E-state index contributed by atoms with van der Waals surface area (Å²) in [5.41, 5.74) is 3.74. The van der Waals surface area contributed by atoms with Crippen molar-refractivity contribution >= 4 is 23.6 Å². The van der Waals surface area contributed by atoms with E-state index in [0.29, 0.717) is 12.3 Å². The average molecular weight is 351 g/mol. The molecule has 1 aromatic carbocycles. The summed E-state index contributed by atoms with van der Waals surface area (Å²) in [5.74, 6) is 0.735. The molecule has 0 aromatic heterocycles. The molecule has 0 unspecified atom stereocenters. The number of rotatable bonds is 5. The monoisotopic (exact) mass is 350 g/mol. The van der Waals surface area contributed by atoms with Crippen molar-refractivity contribution in [2.45, 2.75) is 25.7 Å². The number of nitrogens with zero attached hydrogens (tertiary/aromatic N) is 1. The van der Waals surface area contributed by atoms with Crippen molar-refractivity contribution < 1.29 is 14.5 Å². The Morgan fingerprint density at radius 2 is 1.75 bits per heavy atom. The van der Waals surface area contributed by atoms with Crippen molar-refractivity contribution in [3.63, 3.8) is 0 Å². The highest BCUT2D eigenvalue weighted by molar-refractivity contribution is 8.00. The molecule has 0 aliphatic carbocycles. The fourth-order valence-electron chi connectivity index (χ4n) is 3.18. The van der Waals surface area contributed by atoms with Gasteiger partial charge in [0.15, 0.2) is 6.54 Å². The molecule has 2 rings (SSSR count). The maximum absolute atomic E-state index is 12.5. The van der Waals surface area contributed by atoms with E-state index in [-0.39, 0.29) is 11.8 Å². The van der Waals surface area contributed by atoms with E-state index in [4.69, 9.17) is 0 Å². The van der Waals surface area contributed by atoms with Gasteiger partial charge in [0.2, 0.25) is 5.91 Å². The SMILES string of the molecule is CNC(=O)C[NH+]1CCN(C(=O)CSc2c(C)cc(C)cc2C)CC1. The first-order chi connectivity index (χ1) is 11.4. The smallest absolute Gasteiger partial charge is 0.274 e. The Labute approximate surface area is 148 Å². The number of carbonyl (C=O) groups excluding carboxylic acids is 2. The Hall–Kier alpha value is -1.53. The summed E-state index contributed by atoms with van der Waals surface area (Å²) >= 11 is 1.64. The van der Waals surface area contributed by atoms with Crippen molar-refractivity contribution in [3.8, 4) is 0 Å². The second-order valence-corrected chi connectivity index (χ2v) is 7.48. The highest BCUT2D eigenvalue weighted by Gasteiger charge is 2.25. The summed E-state index contributed by atoms with van der Waals surface area (Å²) in [4.78, 5) is 28.3. The molecule has 2 amide bonds. The molecule has 0 radical (unpaired) electrons. The Kier molecular flexibility index (Phi) is 6.69. The van der Waals surface area contributed by atoms with Gasteiger partial charge in [-0.3, -0.25) is 9.59 Å². The number of hydrogen-bond donors (Lipinski definition) is 2. The highest BCUT2D eigenvalue weighted by atomic mass is 32.2. The van der Waals surface area contributed by atoms with Crippen LogP contribution >= 0.6 is 11.8 Å². The van der Waals surface area contributed by atoms with Crippen LogP contribution in [0, 0.1) is 20.8 Å². The third-order valence-electron chi connectivity index (χ3n) is 4.46. The van der Waals surface area contributed by atoms with E-state index in [9.17, 15) is 9.59 Å². The van der Waals surface area contributed by atoms with Gasteiger partial charge in [-0.15, -0.1) is 11.8 Å². The number of hydrogen-bond acceptors (Lipinski definition) is 3. The molecule has 5 nitrogen and oxygen atoms in total. The molecule has 1 aliphatic rings. The fraction of sp³-hybridized carbons (Fsp3) is 0.556. The summed E-state index contributed by atoms with van der Waals surface area (Å²) in [6, 6.07) is 4.33. The van der Waals surface area contributed by atoms with Crippen LogP contribution in [0.1, 0.15) is 16.7 Å². The minimum absolute atomic E-state index is 0.0608. The molecule has 132 valence electrons. The topological polar surface area (TPSA) is 53.9 Å². The number of aryl methyl sites for hydroxylation is 3. The van der Waals surface area contributed by atoms with Crippen LogP contribution in [0.25, 0.3) is 0 Å². The van der Waals surface area contributed by atoms with Gasteiger partial charge < -0.3 is 15.1 Å². The van der Waals surface area contributed by atoms with Crippen molar-refractivity contribution in [2.24, 2.45) is 0 Å². The minimum atomic E-state index is 0.0608. The molecule has 2 N–H and O–H groups in total. The number of amides is 2. The summed E-state index contributed by atoms with van der Waals surface area (Å²) < 4.78 is 0. The Morgan fingerprint density at radius 1 is 1.17 bits per heavy atom. The average Bonchev–Trinajstić information content (AvgIpc) is 2.54. The summed E-state index contributed by atoms with van der Waals surface area (Å²) in [6.07, 6.45) is 0. The molecule has 0 spiro atoms. The largest absolute Gasteiger partial charge is 0.354 e. The lowest BCUT2D eigenvalue weighted by Crippen LogP contribution is -3.15. The van der Waals surface area contributed by atoms with Gasteiger partial charge in [-0.05, 0) is 31.9 Å². The number of piperazine rings is 1. The predicted octanol–water partition coefficient (Wildman–Crippen LogP) is 0.177. The maximum atomic E-state index is 12.5. The molecular weight excluding hydrogens is 322 g/mol. The van der Waals surface area contributed by atoms with Gasteiger partial charge >= 0.3 is 0 Å². The zero-order chi connectivity index (χ0) is 17.7. The summed E-state index contributed by atoms with van der Waals surface area (Å²) in [5, 5.41) is 2.66. The van der Waals surface area contributed by atoms with E-state index in [2.05, 4.69) is 38.2 Å². The summed E-state index contributed by atoms with van der Waals surface area (Å²) in [6.45, 7) is 9.95. The molecule has 6 heteroatoms. The zero-order valence-electron chi connectivity index (χ0n) is 15.1. The van der Waals surface area contributed by atoms with E-state index < -0.39 is 0 Å². The van der Waals surface area contributed by atoms with Gasteiger partial charge in [-0.25, -0.2) is 0 Å². The molecule has 0 atom stereocenters. The second-order valence-electron chi connectivity index (χ2n) is 6.50. The van der Waals surface area contributed by atoms with Crippen LogP contribution in [0.4, 0.5) is 0 Å². The van der Waals surface area contributed by atoms with Gasteiger partial charge in [-0.1, -0.05) is 17.7 Å². The second kappa shape index (κ2) is 8.53. The van der Waals surface area contributed by atoms with Gasteiger partial charge in [0.05, 0.1) is 31.9 Å². The molecule has 1 saturated heterocycles. The number of thioether (sulfide) groups is 1. The molecule has 1 aliphatic heterocycles.